The molecular formula is C14H20ClN5S. The molecule has 0 spiro atoms. The number of hydrogen-bond acceptors (Lipinski definition) is 6. The molecular weight excluding hydrogens is 306 g/mol. The minimum atomic E-state index is 0.201. The Morgan fingerprint density at radius 1 is 1.19 bits per heavy atom. The molecule has 0 bridgehead atoms. The van der Waals surface area contributed by atoms with Crippen LogP contribution in [0.4, 0.5) is 11.9 Å². The van der Waals surface area contributed by atoms with Crippen molar-refractivity contribution in [3.05, 3.63) is 27.7 Å². The average molecular weight is 326 g/mol. The molecule has 0 radical (unpaired) electrons. The van der Waals surface area contributed by atoms with Crippen LogP contribution in [-0.4, -0.2) is 21.5 Å². The lowest BCUT2D eigenvalue weighted by Gasteiger charge is -2.17. The molecule has 0 fully saturated rings. The summed E-state index contributed by atoms with van der Waals surface area (Å²) in [4.78, 5) is 13.9. The van der Waals surface area contributed by atoms with Crippen LogP contribution in [0.25, 0.3) is 0 Å². The van der Waals surface area contributed by atoms with Crippen molar-refractivity contribution in [3.63, 3.8) is 0 Å². The number of halogens is 1. The SMILES string of the molecule is CCCNc1nc(Cl)nc(NC(CCC)c2cccs2)n1. The summed E-state index contributed by atoms with van der Waals surface area (Å²) in [5.74, 6) is 1.03. The highest BCUT2D eigenvalue weighted by molar-refractivity contribution is 7.10. The molecule has 21 heavy (non-hydrogen) atoms. The number of anilines is 2. The van der Waals surface area contributed by atoms with Gasteiger partial charge in [0.2, 0.25) is 17.2 Å². The largest absolute Gasteiger partial charge is 0.354 e. The van der Waals surface area contributed by atoms with Gasteiger partial charge in [-0.15, -0.1) is 11.3 Å². The van der Waals surface area contributed by atoms with Crippen LogP contribution in [0.1, 0.15) is 44.0 Å². The Bertz CT molecular complexity index is 546. The van der Waals surface area contributed by atoms with E-state index in [1.807, 2.05) is 0 Å². The van der Waals surface area contributed by atoms with Crippen molar-refractivity contribution in [1.29, 1.82) is 0 Å². The Morgan fingerprint density at radius 3 is 2.67 bits per heavy atom. The minimum absolute atomic E-state index is 0.201. The molecule has 0 aliphatic carbocycles. The second-order valence-electron chi connectivity index (χ2n) is 4.68. The van der Waals surface area contributed by atoms with E-state index in [4.69, 9.17) is 11.6 Å². The molecule has 2 N–H and O–H groups in total. The van der Waals surface area contributed by atoms with E-state index in [-0.39, 0.29) is 11.3 Å². The normalized spacial score (nSPS) is 12.1. The van der Waals surface area contributed by atoms with Crippen molar-refractivity contribution in [2.75, 3.05) is 17.2 Å². The summed E-state index contributed by atoms with van der Waals surface area (Å²) in [5, 5.41) is 8.77. The lowest BCUT2D eigenvalue weighted by molar-refractivity contribution is 0.680. The summed E-state index contributed by atoms with van der Waals surface area (Å²) in [6.07, 6.45) is 3.09. The molecule has 1 atom stereocenters. The van der Waals surface area contributed by atoms with Gasteiger partial charge in [-0.2, -0.15) is 15.0 Å². The Hall–Kier alpha value is -1.40. The fraction of sp³-hybridized carbons (Fsp3) is 0.500. The maximum Gasteiger partial charge on any atom is 0.229 e. The van der Waals surface area contributed by atoms with E-state index in [0.29, 0.717) is 11.9 Å². The van der Waals surface area contributed by atoms with Gasteiger partial charge in [-0.05, 0) is 35.9 Å². The molecule has 0 aliphatic heterocycles. The summed E-state index contributed by atoms with van der Waals surface area (Å²) in [6, 6.07) is 4.38. The van der Waals surface area contributed by atoms with Gasteiger partial charge in [0.25, 0.3) is 0 Å². The number of nitrogens with zero attached hydrogens (tertiary/aromatic N) is 3. The van der Waals surface area contributed by atoms with Gasteiger partial charge in [0.05, 0.1) is 6.04 Å². The van der Waals surface area contributed by atoms with E-state index < -0.39 is 0 Å². The highest BCUT2D eigenvalue weighted by Crippen LogP contribution is 2.26. The Balaban J connectivity index is 2.14. The van der Waals surface area contributed by atoms with E-state index >= 15 is 0 Å². The van der Waals surface area contributed by atoms with Gasteiger partial charge in [-0.3, -0.25) is 0 Å². The van der Waals surface area contributed by atoms with Gasteiger partial charge in [0.15, 0.2) is 0 Å². The fourth-order valence-electron chi connectivity index (χ4n) is 1.95. The van der Waals surface area contributed by atoms with Crippen LogP contribution in [-0.2, 0) is 0 Å². The van der Waals surface area contributed by atoms with Crippen molar-refractivity contribution in [2.45, 2.75) is 39.2 Å². The first-order valence-electron chi connectivity index (χ1n) is 7.18. The first kappa shape index (κ1) is 16.0. The smallest absolute Gasteiger partial charge is 0.229 e. The Labute approximate surface area is 134 Å². The molecule has 2 heterocycles. The van der Waals surface area contributed by atoms with Gasteiger partial charge in [-0.1, -0.05) is 26.3 Å². The van der Waals surface area contributed by atoms with Crippen LogP contribution in [0.2, 0.25) is 5.28 Å². The molecule has 5 nitrogen and oxygen atoms in total. The predicted molar refractivity (Wildman–Crippen MR) is 89.2 cm³/mol. The quantitative estimate of drug-likeness (QED) is 0.755. The van der Waals surface area contributed by atoms with Crippen molar-refractivity contribution in [2.24, 2.45) is 0 Å². The van der Waals surface area contributed by atoms with Gasteiger partial charge < -0.3 is 10.6 Å². The number of nitrogens with one attached hydrogen (secondary N) is 2. The standard InChI is InChI=1S/C14H20ClN5S/c1-3-6-10(11-7-5-9-21-11)17-14-19-12(15)18-13(20-14)16-8-4-2/h5,7,9-10H,3-4,6,8H2,1-2H3,(H2,16,17,18,19,20). The number of thiophene rings is 1. The van der Waals surface area contributed by atoms with E-state index in [1.165, 1.54) is 4.88 Å². The van der Waals surface area contributed by atoms with Crippen molar-refractivity contribution in [1.82, 2.24) is 15.0 Å². The lowest BCUT2D eigenvalue weighted by Crippen LogP contribution is -2.14. The summed E-state index contributed by atoms with van der Waals surface area (Å²) in [5.41, 5.74) is 0. The summed E-state index contributed by atoms with van der Waals surface area (Å²) < 4.78 is 0. The van der Waals surface area contributed by atoms with Gasteiger partial charge >= 0.3 is 0 Å². The van der Waals surface area contributed by atoms with Crippen LogP contribution in [0.15, 0.2) is 17.5 Å². The molecule has 0 saturated heterocycles. The van der Waals surface area contributed by atoms with Crippen molar-refractivity contribution < 1.29 is 0 Å². The molecule has 1 unspecified atom stereocenters. The molecule has 0 aliphatic rings. The van der Waals surface area contributed by atoms with E-state index in [2.05, 4.69) is 56.9 Å². The third kappa shape index (κ3) is 4.82. The molecule has 0 saturated carbocycles. The van der Waals surface area contributed by atoms with Crippen molar-refractivity contribution in [3.8, 4) is 0 Å². The molecule has 7 heteroatoms. The average Bonchev–Trinajstić information content (AvgIpc) is 2.98. The first-order valence-corrected chi connectivity index (χ1v) is 8.44. The third-order valence-corrected chi connectivity index (χ3v) is 4.06. The zero-order chi connectivity index (χ0) is 15.1. The lowest BCUT2D eigenvalue weighted by atomic mass is 10.1. The van der Waals surface area contributed by atoms with Gasteiger partial charge in [0, 0.05) is 11.4 Å². The summed E-state index contributed by atoms with van der Waals surface area (Å²) in [7, 11) is 0. The molecule has 2 aromatic heterocycles. The summed E-state index contributed by atoms with van der Waals surface area (Å²) >= 11 is 7.70. The molecule has 114 valence electrons. The van der Waals surface area contributed by atoms with Crippen LogP contribution >= 0.6 is 22.9 Å². The molecule has 0 amide bonds. The van der Waals surface area contributed by atoms with E-state index in [1.54, 1.807) is 11.3 Å². The Kier molecular flexibility index (Phi) is 6.20. The fourth-order valence-corrected chi connectivity index (χ4v) is 2.92. The summed E-state index contributed by atoms with van der Waals surface area (Å²) in [6.45, 7) is 5.06. The minimum Gasteiger partial charge on any atom is -0.354 e. The second kappa shape index (κ2) is 8.14. The van der Waals surface area contributed by atoms with Crippen LogP contribution < -0.4 is 10.6 Å². The highest BCUT2D eigenvalue weighted by atomic mass is 35.5. The maximum atomic E-state index is 5.97. The second-order valence-corrected chi connectivity index (χ2v) is 6.00. The third-order valence-electron chi connectivity index (χ3n) is 2.91. The predicted octanol–water partition coefficient (Wildman–Crippen LogP) is 4.36. The Morgan fingerprint density at radius 2 is 2.00 bits per heavy atom. The van der Waals surface area contributed by atoms with Crippen LogP contribution in [0.5, 0.6) is 0 Å². The zero-order valence-electron chi connectivity index (χ0n) is 12.3. The van der Waals surface area contributed by atoms with E-state index in [9.17, 15) is 0 Å². The number of rotatable bonds is 8. The van der Waals surface area contributed by atoms with E-state index in [0.717, 1.165) is 25.8 Å². The van der Waals surface area contributed by atoms with Gasteiger partial charge in [0.1, 0.15) is 0 Å². The van der Waals surface area contributed by atoms with Crippen LogP contribution in [0, 0.1) is 0 Å². The van der Waals surface area contributed by atoms with Gasteiger partial charge in [-0.25, -0.2) is 0 Å². The van der Waals surface area contributed by atoms with Crippen molar-refractivity contribution >= 4 is 34.8 Å². The molecule has 2 rings (SSSR count). The molecule has 0 aromatic carbocycles. The zero-order valence-corrected chi connectivity index (χ0v) is 13.8. The maximum absolute atomic E-state index is 5.97. The number of hydrogen-bond donors (Lipinski definition) is 2. The topological polar surface area (TPSA) is 62.7 Å². The molecule has 2 aromatic rings. The first-order chi connectivity index (χ1) is 10.2. The monoisotopic (exact) mass is 325 g/mol. The number of aromatic nitrogens is 3. The highest BCUT2D eigenvalue weighted by Gasteiger charge is 2.14. The van der Waals surface area contributed by atoms with Crippen LogP contribution in [0.3, 0.4) is 0 Å².